The topological polar surface area (TPSA) is 76.2 Å². The van der Waals surface area contributed by atoms with E-state index in [1.54, 1.807) is 12.1 Å². The van der Waals surface area contributed by atoms with E-state index in [1.807, 2.05) is 0 Å². The predicted molar refractivity (Wildman–Crippen MR) is 66.1 cm³/mol. The molecule has 6 heteroatoms. The molecule has 4 nitrogen and oxygen atoms in total. The summed E-state index contributed by atoms with van der Waals surface area (Å²) in [5.74, 6) is -1.44. The van der Waals surface area contributed by atoms with Gasteiger partial charge in [-0.05, 0) is 30.3 Å². The monoisotopic (exact) mass is 264 g/mol. The van der Waals surface area contributed by atoms with Gasteiger partial charge in [0.2, 0.25) is 0 Å². The second-order valence-corrected chi connectivity index (χ2v) is 4.54. The van der Waals surface area contributed by atoms with Gasteiger partial charge in [-0.25, -0.2) is 14.2 Å². The summed E-state index contributed by atoms with van der Waals surface area (Å²) < 4.78 is 12.8. The molecule has 1 aromatic heterocycles. The highest BCUT2D eigenvalue weighted by atomic mass is 32.2. The van der Waals surface area contributed by atoms with Crippen molar-refractivity contribution in [3.8, 4) is 0 Å². The predicted octanol–water partition coefficient (Wildman–Crippen LogP) is 2.65. The first-order valence-electron chi connectivity index (χ1n) is 4.98. The van der Waals surface area contributed by atoms with E-state index >= 15 is 0 Å². The van der Waals surface area contributed by atoms with Crippen molar-refractivity contribution in [1.29, 1.82) is 0 Å². The number of halogens is 1. The largest absolute Gasteiger partial charge is 0.478 e. The minimum absolute atomic E-state index is 0.0318. The van der Waals surface area contributed by atoms with Gasteiger partial charge in [0.15, 0.2) is 0 Å². The lowest BCUT2D eigenvalue weighted by atomic mass is 10.3. The van der Waals surface area contributed by atoms with Crippen LogP contribution in [0.5, 0.6) is 0 Å². The molecule has 92 valence electrons. The summed E-state index contributed by atoms with van der Waals surface area (Å²) >= 11 is 1.15. The van der Waals surface area contributed by atoms with Crippen LogP contribution < -0.4 is 5.73 Å². The Labute approximate surface area is 107 Å². The van der Waals surface area contributed by atoms with Gasteiger partial charge in [0.05, 0.1) is 17.4 Å². The molecule has 0 spiro atoms. The lowest BCUT2D eigenvalue weighted by Gasteiger charge is -2.05. The fourth-order valence-electron chi connectivity index (χ4n) is 1.32. The van der Waals surface area contributed by atoms with Crippen LogP contribution in [0.25, 0.3) is 0 Å². The summed E-state index contributed by atoms with van der Waals surface area (Å²) in [5, 5.41) is 9.37. The van der Waals surface area contributed by atoms with Crippen LogP contribution in [0.3, 0.4) is 0 Å². The maximum atomic E-state index is 12.8. The molecule has 0 aliphatic heterocycles. The van der Waals surface area contributed by atoms with E-state index in [0.717, 1.165) is 11.8 Å². The van der Waals surface area contributed by atoms with Gasteiger partial charge in [0.1, 0.15) is 10.8 Å². The van der Waals surface area contributed by atoms with E-state index < -0.39 is 5.97 Å². The third-order valence-corrected chi connectivity index (χ3v) is 3.16. The molecule has 0 unspecified atom stereocenters. The van der Waals surface area contributed by atoms with Crippen LogP contribution in [0.1, 0.15) is 10.4 Å². The molecule has 0 aliphatic rings. The molecule has 2 aromatic rings. The minimum Gasteiger partial charge on any atom is -0.478 e. The van der Waals surface area contributed by atoms with E-state index in [9.17, 15) is 9.18 Å². The number of rotatable bonds is 3. The molecule has 3 N–H and O–H groups in total. The van der Waals surface area contributed by atoms with Gasteiger partial charge in [-0.1, -0.05) is 11.8 Å². The standard InChI is InChI=1S/C12H9FN2O2S/c13-7-1-3-9(4-2-7)18-11-10(12(16)17)5-8(14)6-15-11/h1-6H,14H2,(H,16,17). The number of benzene rings is 1. The third-order valence-electron chi connectivity index (χ3n) is 2.13. The number of anilines is 1. The first-order chi connectivity index (χ1) is 8.56. The number of carboxylic acid groups (broad SMARTS) is 1. The molecule has 0 aliphatic carbocycles. The van der Waals surface area contributed by atoms with Gasteiger partial charge < -0.3 is 10.8 Å². The number of nitrogens with two attached hydrogens (primary N) is 1. The number of nitrogen functional groups attached to an aromatic ring is 1. The maximum Gasteiger partial charge on any atom is 0.338 e. The van der Waals surface area contributed by atoms with Crippen LogP contribution in [0.2, 0.25) is 0 Å². The van der Waals surface area contributed by atoms with Gasteiger partial charge in [0.25, 0.3) is 0 Å². The number of pyridine rings is 1. The maximum absolute atomic E-state index is 12.8. The van der Waals surface area contributed by atoms with Crippen molar-refractivity contribution in [3.05, 3.63) is 47.9 Å². The van der Waals surface area contributed by atoms with Crippen molar-refractivity contribution < 1.29 is 14.3 Å². The molecule has 0 amide bonds. The van der Waals surface area contributed by atoms with E-state index in [2.05, 4.69) is 4.98 Å². The van der Waals surface area contributed by atoms with E-state index in [0.29, 0.717) is 9.92 Å². The quantitative estimate of drug-likeness (QED) is 0.891. The Morgan fingerprint density at radius 1 is 1.33 bits per heavy atom. The fraction of sp³-hybridized carbons (Fsp3) is 0. The van der Waals surface area contributed by atoms with Crippen LogP contribution >= 0.6 is 11.8 Å². The van der Waals surface area contributed by atoms with Crippen molar-refractivity contribution in [2.45, 2.75) is 9.92 Å². The van der Waals surface area contributed by atoms with Crippen molar-refractivity contribution >= 4 is 23.4 Å². The van der Waals surface area contributed by atoms with Gasteiger partial charge >= 0.3 is 5.97 Å². The van der Waals surface area contributed by atoms with Crippen LogP contribution in [-0.4, -0.2) is 16.1 Å². The Bertz CT molecular complexity index is 587. The molecule has 0 bridgehead atoms. The zero-order chi connectivity index (χ0) is 13.1. The molecule has 1 heterocycles. The molecule has 0 fully saturated rings. The number of hydrogen-bond donors (Lipinski definition) is 2. The first-order valence-corrected chi connectivity index (χ1v) is 5.80. The highest BCUT2D eigenvalue weighted by Gasteiger charge is 2.13. The highest BCUT2D eigenvalue weighted by Crippen LogP contribution is 2.29. The summed E-state index contributed by atoms with van der Waals surface area (Å²) in [5.41, 5.74) is 5.81. The number of aromatic carboxylic acids is 1. The van der Waals surface area contributed by atoms with Crippen LogP contribution in [-0.2, 0) is 0 Å². The van der Waals surface area contributed by atoms with Crippen molar-refractivity contribution in [3.63, 3.8) is 0 Å². The average molecular weight is 264 g/mol. The van der Waals surface area contributed by atoms with Gasteiger partial charge in [-0.3, -0.25) is 0 Å². The van der Waals surface area contributed by atoms with Crippen LogP contribution in [0, 0.1) is 5.82 Å². The lowest BCUT2D eigenvalue weighted by molar-refractivity contribution is 0.0692. The SMILES string of the molecule is Nc1cnc(Sc2ccc(F)cc2)c(C(=O)O)c1. The van der Waals surface area contributed by atoms with Crippen molar-refractivity contribution in [2.75, 3.05) is 5.73 Å². The first kappa shape index (κ1) is 12.4. The number of aromatic nitrogens is 1. The molecule has 2 rings (SSSR count). The highest BCUT2D eigenvalue weighted by molar-refractivity contribution is 7.99. The number of hydrogen-bond acceptors (Lipinski definition) is 4. The number of carboxylic acids is 1. The fourth-order valence-corrected chi connectivity index (χ4v) is 2.17. The zero-order valence-corrected chi connectivity index (χ0v) is 9.95. The Hall–Kier alpha value is -2.08. The smallest absolute Gasteiger partial charge is 0.338 e. The Morgan fingerprint density at radius 2 is 2.00 bits per heavy atom. The minimum atomic E-state index is -1.10. The Balaban J connectivity index is 2.34. The molecular formula is C12H9FN2O2S. The lowest BCUT2D eigenvalue weighted by Crippen LogP contribution is -2.02. The van der Waals surface area contributed by atoms with E-state index in [-0.39, 0.29) is 17.1 Å². The average Bonchev–Trinajstić information content (AvgIpc) is 2.34. The molecule has 1 aromatic carbocycles. The molecule has 0 atom stereocenters. The summed E-state index contributed by atoms with van der Waals surface area (Å²) in [7, 11) is 0. The Kier molecular flexibility index (Phi) is 3.47. The van der Waals surface area contributed by atoms with E-state index in [4.69, 9.17) is 10.8 Å². The second kappa shape index (κ2) is 5.05. The molecular weight excluding hydrogens is 255 g/mol. The summed E-state index contributed by atoms with van der Waals surface area (Å²) in [6, 6.07) is 7.08. The normalized spacial score (nSPS) is 10.3. The Morgan fingerprint density at radius 3 is 2.61 bits per heavy atom. The third kappa shape index (κ3) is 2.78. The van der Waals surface area contributed by atoms with Gasteiger partial charge in [-0.15, -0.1) is 0 Å². The van der Waals surface area contributed by atoms with E-state index in [1.165, 1.54) is 24.4 Å². The zero-order valence-electron chi connectivity index (χ0n) is 9.13. The van der Waals surface area contributed by atoms with Crippen molar-refractivity contribution in [1.82, 2.24) is 4.98 Å². The number of nitrogens with zero attached hydrogens (tertiary/aromatic N) is 1. The molecule has 18 heavy (non-hydrogen) atoms. The summed E-state index contributed by atoms with van der Waals surface area (Å²) in [6.07, 6.45) is 1.39. The van der Waals surface area contributed by atoms with Gasteiger partial charge in [-0.2, -0.15) is 0 Å². The van der Waals surface area contributed by atoms with Crippen molar-refractivity contribution in [2.24, 2.45) is 0 Å². The second-order valence-electron chi connectivity index (χ2n) is 3.48. The summed E-state index contributed by atoms with van der Waals surface area (Å²) in [6.45, 7) is 0. The molecule has 0 radical (unpaired) electrons. The van der Waals surface area contributed by atoms with Crippen LogP contribution in [0.4, 0.5) is 10.1 Å². The van der Waals surface area contributed by atoms with Crippen LogP contribution in [0.15, 0.2) is 46.5 Å². The molecule has 0 saturated carbocycles. The summed E-state index contributed by atoms with van der Waals surface area (Å²) in [4.78, 5) is 15.7. The number of carbonyl (C=O) groups is 1. The molecule has 0 saturated heterocycles. The van der Waals surface area contributed by atoms with Gasteiger partial charge in [0, 0.05) is 4.90 Å².